The Hall–Kier alpha value is 0.137. The van der Waals surface area contributed by atoms with Gasteiger partial charge in [0.2, 0.25) is 0 Å². The van der Waals surface area contributed by atoms with Crippen LogP contribution in [-0.4, -0.2) is 34.8 Å². The first kappa shape index (κ1) is 11.2. The van der Waals surface area contributed by atoms with Gasteiger partial charge in [-0.15, -0.1) is 0 Å². The molecule has 1 aliphatic rings. The summed E-state index contributed by atoms with van der Waals surface area (Å²) in [5.74, 6) is 0. The standard InChI is InChI=1S/C10H22O2Si/c1-3-5-7-12-10(13,4-2)9-6-8-11-9/h9H,3-8H2,1-2,13H3. The number of hydrogen-bond donors (Lipinski definition) is 0. The maximum Gasteiger partial charge on any atom is 0.0845 e. The van der Waals surface area contributed by atoms with E-state index >= 15 is 0 Å². The lowest BCUT2D eigenvalue weighted by molar-refractivity contribution is -0.160. The predicted octanol–water partition coefficient (Wildman–Crippen LogP) is 1.06. The van der Waals surface area contributed by atoms with Crippen molar-refractivity contribution in [2.24, 2.45) is 0 Å². The summed E-state index contributed by atoms with van der Waals surface area (Å²) in [6.07, 6.45) is 5.10. The molecule has 0 aromatic rings. The number of ether oxygens (including phenoxy) is 2. The van der Waals surface area contributed by atoms with Gasteiger partial charge in [-0.3, -0.25) is 0 Å². The molecule has 2 unspecified atom stereocenters. The van der Waals surface area contributed by atoms with Crippen LogP contribution in [0.1, 0.15) is 39.5 Å². The minimum atomic E-state index is 0.105. The Kier molecular flexibility index (Phi) is 4.42. The molecule has 0 aromatic carbocycles. The first-order valence-corrected chi connectivity index (χ1v) is 6.48. The van der Waals surface area contributed by atoms with Gasteiger partial charge >= 0.3 is 0 Å². The molecule has 2 nitrogen and oxygen atoms in total. The zero-order valence-corrected chi connectivity index (χ0v) is 11.1. The Bertz CT molecular complexity index is 148. The van der Waals surface area contributed by atoms with E-state index in [1.54, 1.807) is 0 Å². The van der Waals surface area contributed by atoms with E-state index in [9.17, 15) is 0 Å². The fraction of sp³-hybridized carbons (Fsp3) is 1.00. The fourth-order valence-corrected chi connectivity index (χ4v) is 2.25. The second-order valence-electron chi connectivity index (χ2n) is 4.02. The van der Waals surface area contributed by atoms with E-state index < -0.39 is 0 Å². The summed E-state index contributed by atoms with van der Waals surface area (Å²) in [7, 11) is 1.08. The van der Waals surface area contributed by atoms with Gasteiger partial charge in [0.05, 0.1) is 11.3 Å². The van der Waals surface area contributed by atoms with E-state index in [4.69, 9.17) is 9.47 Å². The smallest absolute Gasteiger partial charge is 0.0845 e. The van der Waals surface area contributed by atoms with Gasteiger partial charge in [0.1, 0.15) is 0 Å². The first-order valence-electron chi connectivity index (χ1n) is 5.48. The SMILES string of the molecule is CCCCOC([SiH3])(CC)C1CCO1. The molecule has 0 aliphatic carbocycles. The molecule has 13 heavy (non-hydrogen) atoms. The Morgan fingerprint density at radius 2 is 2.23 bits per heavy atom. The molecule has 0 N–H and O–H groups in total. The average molecular weight is 202 g/mol. The van der Waals surface area contributed by atoms with E-state index in [-0.39, 0.29) is 5.22 Å². The second-order valence-corrected chi connectivity index (χ2v) is 5.71. The normalized spacial score (nSPS) is 26.8. The van der Waals surface area contributed by atoms with Crippen LogP contribution in [0.15, 0.2) is 0 Å². The molecule has 1 rings (SSSR count). The number of unbranched alkanes of at least 4 members (excludes halogenated alkanes) is 1. The minimum Gasteiger partial charge on any atom is -0.377 e. The van der Waals surface area contributed by atoms with E-state index in [0.717, 1.165) is 29.9 Å². The summed E-state index contributed by atoms with van der Waals surface area (Å²) in [5.41, 5.74) is 0. The van der Waals surface area contributed by atoms with Crippen LogP contribution in [0.4, 0.5) is 0 Å². The van der Waals surface area contributed by atoms with Gasteiger partial charge in [0.25, 0.3) is 0 Å². The molecule has 3 heteroatoms. The molecule has 1 aliphatic heterocycles. The van der Waals surface area contributed by atoms with Gasteiger partial charge in [0.15, 0.2) is 0 Å². The fourth-order valence-electron chi connectivity index (χ4n) is 1.59. The van der Waals surface area contributed by atoms with Crippen LogP contribution in [0.3, 0.4) is 0 Å². The van der Waals surface area contributed by atoms with Crippen molar-refractivity contribution in [3.8, 4) is 0 Å². The van der Waals surface area contributed by atoms with Gasteiger partial charge in [-0.05, 0) is 19.3 Å². The lowest BCUT2D eigenvalue weighted by atomic mass is 10.0. The summed E-state index contributed by atoms with van der Waals surface area (Å²) in [6.45, 7) is 6.25. The van der Waals surface area contributed by atoms with Gasteiger partial charge in [-0.1, -0.05) is 20.3 Å². The van der Waals surface area contributed by atoms with Crippen molar-refractivity contribution >= 4 is 10.2 Å². The van der Waals surface area contributed by atoms with Gasteiger partial charge in [-0.25, -0.2) is 0 Å². The first-order chi connectivity index (χ1) is 6.23. The zero-order chi connectivity index (χ0) is 9.73. The summed E-state index contributed by atoms with van der Waals surface area (Å²) in [6, 6.07) is 0. The topological polar surface area (TPSA) is 18.5 Å². The highest BCUT2D eigenvalue weighted by Crippen LogP contribution is 2.28. The quantitative estimate of drug-likeness (QED) is 0.474. The van der Waals surface area contributed by atoms with E-state index in [1.165, 1.54) is 19.3 Å². The monoisotopic (exact) mass is 202 g/mol. The summed E-state index contributed by atoms with van der Waals surface area (Å²) >= 11 is 0. The van der Waals surface area contributed by atoms with E-state index in [0.29, 0.717) is 6.10 Å². The molecule has 0 saturated carbocycles. The highest BCUT2D eigenvalue weighted by atomic mass is 28.1. The van der Waals surface area contributed by atoms with Gasteiger partial charge < -0.3 is 9.47 Å². The molecule has 78 valence electrons. The van der Waals surface area contributed by atoms with E-state index in [1.807, 2.05) is 0 Å². The second kappa shape index (κ2) is 5.13. The van der Waals surface area contributed by atoms with Gasteiger partial charge in [0, 0.05) is 23.5 Å². The zero-order valence-electron chi connectivity index (χ0n) is 9.14. The Morgan fingerprint density at radius 1 is 1.54 bits per heavy atom. The highest BCUT2D eigenvalue weighted by molar-refractivity contribution is 6.15. The molecule has 2 atom stereocenters. The Morgan fingerprint density at radius 3 is 2.62 bits per heavy atom. The van der Waals surface area contributed by atoms with Crippen molar-refractivity contribution in [3.63, 3.8) is 0 Å². The van der Waals surface area contributed by atoms with Crippen LogP contribution in [0.2, 0.25) is 0 Å². The molecule has 0 bridgehead atoms. The third-order valence-electron chi connectivity index (χ3n) is 3.01. The number of rotatable bonds is 6. The predicted molar refractivity (Wildman–Crippen MR) is 58.2 cm³/mol. The Balaban J connectivity index is 2.29. The summed E-state index contributed by atoms with van der Waals surface area (Å²) in [4.78, 5) is 0. The lowest BCUT2D eigenvalue weighted by Crippen LogP contribution is -2.52. The van der Waals surface area contributed by atoms with Crippen LogP contribution in [0.25, 0.3) is 0 Å². The molecule has 0 aromatic heterocycles. The van der Waals surface area contributed by atoms with Crippen molar-refractivity contribution in [2.75, 3.05) is 13.2 Å². The molecule has 1 saturated heterocycles. The van der Waals surface area contributed by atoms with Crippen LogP contribution in [-0.2, 0) is 9.47 Å². The van der Waals surface area contributed by atoms with E-state index in [2.05, 4.69) is 13.8 Å². The van der Waals surface area contributed by atoms with Crippen molar-refractivity contribution in [1.29, 1.82) is 0 Å². The van der Waals surface area contributed by atoms with Crippen LogP contribution < -0.4 is 0 Å². The van der Waals surface area contributed by atoms with Gasteiger partial charge in [-0.2, -0.15) is 0 Å². The molecule has 1 fully saturated rings. The Labute approximate surface area is 84.4 Å². The molecule has 1 heterocycles. The summed E-state index contributed by atoms with van der Waals surface area (Å²) < 4.78 is 11.5. The molecule has 0 amide bonds. The maximum atomic E-state index is 5.96. The largest absolute Gasteiger partial charge is 0.377 e. The van der Waals surface area contributed by atoms with Crippen LogP contribution >= 0.6 is 0 Å². The third-order valence-corrected chi connectivity index (χ3v) is 4.65. The van der Waals surface area contributed by atoms with Crippen LogP contribution in [0.5, 0.6) is 0 Å². The van der Waals surface area contributed by atoms with Crippen molar-refractivity contribution in [1.82, 2.24) is 0 Å². The lowest BCUT2D eigenvalue weighted by Gasteiger charge is -2.42. The minimum absolute atomic E-state index is 0.105. The summed E-state index contributed by atoms with van der Waals surface area (Å²) in [5, 5.41) is 0.105. The van der Waals surface area contributed by atoms with Crippen molar-refractivity contribution in [3.05, 3.63) is 0 Å². The molecular weight excluding hydrogens is 180 g/mol. The molecule has 0 radical (unpaired) electrons. The van der Waals surface area contributed by atoms with Crippen molar-refractivity contribution in [2.45, 2.75) is 50.9 Å². The van der Waals surface area contributed by atoms with Crippen molar-refractivity contribution < 1.29 is 9.47 Å². The highest BCUT2D eigenvalue weighted by Gasteiger charge is 2.38. The average Bonchev–Trinajstić information content (AvgIpc) is 2.02. The number of hydrogen-bond acceptors (Lipinski definition) is 2. The third kappa shape index (κ3) is 2.79. The maximum absolute atomic E-state index is 5.96. The molecule has 0 spiro atoms. The molecular formula is C10H22O2Si. The van der Waals surface area contributed by atoms with Crippen LogP contribution in [0, 0.1) is 0 Å².